The minimum Gasteiger partial charge on any atom is -0.497 e. The number of rotatable bonds is 2. The molecule has 0 N–H and O–H groups in total. The largest absolute Gasteiger partial charge is 0.497 e. The van der Waals surface area contributed by atoms with E-state index in [4.69, 9.17) is 4.74 Å². The van der Waals surface area contributed by atoms with Gasteiger partial charge in [0.2, 0.25) is 0 Å². The molecule has 1 nitrogen and oxygen atoms in total. The van der Waals surface area contributed by atoms with E-state index in [0.29, 0.717) is 0 Å². The first-order chi connectivity index (χ1) is 6.93. The molecule has 1 rings (SSSR count). The Hall–Kier alpha value is -1.24. The molecule has 0 atom stereocenters. The van der Waals surface area contributed by atoms with Crippen molar-refractivity contribution in [1.82, 2.24) is 0 Å². The van der Waals surface area contributed by atoms with Crippen molar-refractivity contribution in [2.24, 2.45) is 5.41 Å². The molecule has 0 bridgehead atoms. The topological polar surface area (TPSA) is 9.23 Å². The maximum absolute atomic E-state index is 5.12. The number of allylic oxidation sites excluding steroid dienone is 1. The lowest BCUT2D eigenvalue weighted by Crippen LogP contribution is -2.05. The summed E-state index contributed by atoms with van der Waals surface area (Å²) in [6, 6.07) is 8.13. The summed E-state index contributed by atoms with van der Waals surface area (Å²) in [5.74, 6) is 0.903. The first-order valence-corrected chi connectivity index (χ1v) is 5.26. The molecule has 1 heteroatoms. The van der Waals surface area contributed by atoms with Crippen molar-refractivity contribution in [3.05, 3.63) is 35.4 Å². The second-order valence-corrected chi connectivity index (χ2v) is 4.85. The summed E-state index contributed by atoms with van der Waals surface area (Å²) in [7, 11) is 1.69. The van der Waals surface area contributed by atoms with E-state index in [0.717, 1.165) is 5.75 Å². The van der Waals surface area contributed by atoms with Crippen LogP contribution in [0.15, 0.2) is 29.8 Å². The van der Waals surface area contributed by atoms with Gasteiger partial charge in [-0.1, -0.05) is 44.6 Å². The number of ether oxygens (including phenoxy) is 1. The lowest BCUT2D eigenvalue weighted by Gasteiger charge is -2.19. The van der Waals surface area contributed by atoms with Gasteiger partial charge in [-0.2, -0.15) is 0 Å². The molecule has 0 spiro atoms. The van der Waals surface area contributed by atoms with Crippen LogP contribution in [-0.4, -0.2) is 7.11 Å². The van der Waals surface area contributed by atoms with Crippen molar-refractivity contribution < 1.29 is 4.74 Å². The third-order valence-electron chi connectivity index (χ3n) is 2.68. The Labute approximate surface area is 92.8 Å². The average molecular weight is 204 g/mol. The summed E-state index contributed by atoms with van der Waals surface area (Å²) in [4.78, 5) is 0. The SMILES string of the molecule is COc1ccc(/C=C(/C)C(C)(C)C)cc1. The molecule has 0 aromatic heterocycles. The summed E-state index contributed by atoms with van der Waals surface area (Å²) < 4.78 is 5.12. The Morgan fingerprint density at radius 2 is 1.67 bits per heavy atom. The fourth-order valence-electron chi connectivity index (χ4n) is 1.17. The molecule has 0 unspecified atom stereocenters. The Morgan fingerprint density at radius 1 is 1.13 bits per heavy atom. The molecule has 0 saturated carbocycles. The second kappa shape index (κ2) is 4.52. The van der Waals surface area contributed by atoms with Crippen LogP contribution in [0.1, 0.15) is 33.3 Å². The van der Waals surface area contributed by atoms with E-state index in [9.17, 15) is 0 Å². The molecule has 0 aliphatic heterocycles. The van der Waals surface area contributed by atoms with Crippen LogP contribution in [0, 0.1) is 5.41 Å². The van der Waals surface area contributed by atoms with Crippen LogP contribution in [-0.2, 0) is 0 Å². The molecule has 0 aliphatic rings. The molecule has 1 aromatic carbocycles. The lowest BCUT2D eigenvalue weighted by molar-refractivity contribution is 0.415. The summed E-state index contributed by atoms with van der Waals surface area (Å²) in [6.07, 6.45) is 2.22. The van der Waals surface area contributed by atoms with Crippen molar-refractivity contribution >= 4 is 6.08 Å². The zero-order valence-corrected chi connectivity index (χ0v) is 10.3. The van der Waals surface area contributed by atoms with Crippen LogP contribution >= 0.6 is 0 Å². The van der Waals surface area contributed by atoms with E-state index in [2.05, 4.69) is 45.9 Å². The number of hydrogen-bond donors (Lipinski definition) is 0. The normalized spacial score (nSPS) is 12.7. The van der Waals surface area contributed by atoms with E-state index in [1.807, 2.05) is 12.1 Å². The molecule has 0 amide bonds. The quantitative estimate of drug-likeness (QED) is 0.703. The van der Waals surface area contributed by atoms with Crippen LogP contribution in [0.4, 0.5) is 0 Å². The summed E-state index contributed by atoms with van der Waals surface area (Å²) in [5, 5.41) is 0. The molecule has 0 saturated heterocycles. The van der Waals surface area contributed by atoms with Crippen LogP contribution in [0.5, 0.6) is 5.75 Å². The molecule has 1 aromatic rings. The third-order valence-corrected chi connectivity index (χ3v) is 2.68. The maximum Gasteiger partial charge on any atom is 0.118 e. The van der Waals surface area contributed by atoms with Gasteiger partial charge in [0.1, 0.15) is 5.75 Å². The van der Waals surface area contributed by atoms with Crippen LogP contribution in [0.3, 0.4) is 0 Å². The van der Waals surface area contributed by atoms with Gasteiger partial charge in [0.25, 0.3) is 0 Å². The monoisotopic (exact) mass is 204 g/mol. The van der Waals surface area contributed by atoms with Gasteiger partial charge in [0, 0.05) is 0 Å². The van der Waals surface area contributed by atoms with Gasteiger partial charge in [0.15, 0.2) is 0 Å². The van der Waals surface area contributed by atoms with Crippen molar-refractivity contribution in [3.8, 4) is 5.75 Å². The molecule has 0 heterocycles. The second-order valence-electron chi connectivity index (χ2n) is 4.85. The Morgan fingerprint density at radius 3 is 2.07 bits per heavy atom. The van der Waals surface area contributed by atoms with E-state index < -0.39 is 0 Å². The van der Waals surface area contributed by atoms with Crippen molar-refractivity contribution in [1.29, 1.82) is 0 Å². The predicted octanol–water partition coefficient (Wildman–Crippen LogP) is 4.14. The standard InChI is InChI=1S/C14H20O/c1-11(14(2,3)4)10-12-6-8-13(15-5)9-7-12/h6-10H,1-5H3/b11-10-. The lowest BCUT2D eigenvalue weighted by atomic mass is 9.86. The minimum atomic E-state index is 0.236. The van der Waals surface area contributed by atoms with Crippen molar-refractivity contribution in [2.75, 3.05) is 7.11 Å². The maximum atomic E-state index is 5.12. The molecular weight excluding hydrogens is 184 g/mol. The zero-order valence-electron chi connectivity index (χ0n) is 10.3. The Bertz CT molecular complexity index is 339. The van der Waals surface area contributed by atoms with E-state index in [1.54, 1.807) is 7.11 Å². The number of methoxy groups -OCH3 is 1. The molecule has 82 valence electrons. The Kier molecular flexibility index (Phi) is 3.57. The van der Waals surface area contributed by atoms with Crippen molar-refractivity contribution in [3.63, 3.8) is 0 Å². The smallest absolute Gasteiger partial charge is 0.118 e. The summed E-state index contributed by atoms with van der Waals surface area (Å²) in [6.45, 7) is 8.84. The highest BCUT2D eigenvalue weighted by molar-refractivity contribution is 5.54. The van der Waals surface area contributed by atoms with Gasteiger partial charge in [-0.3, -0.25) is 0 Å². The first kappa shape index (κ1) is 11.8. The summed E-state index contributed by atoms with van der Waals surface area (Å²) >= 11 is 0. The fourth-order valence-corrected chi connectivity index (χ4v) is 1.17. The van der Waals surface area contributed by atoms with Crippen molar-refractivity contribution in [2.45, 2.75) is 27.7 Å². The predicted molar refractivity (Wildman–Crippen MR) is 66.1 cm³/mol. The highest BCUT2D eigenvalue weighted by Crippen LogP contribution is 2.26. The molecule has 15 heavy (non-hydrogen) atoms. The van der Waals surface area contributed by atoms with Gasteiger partial charge >= 0.3 is 0 Å². The van der Waals surface area contributed by atoms with Crippen LogP contribution in [0.2, 0.25) is 0 Å². The first-order valence-electron chi connectivity index (χ1n) is 5.26. The third kappa shape index (κ3) is 3.43. The van der Waals surface area contributed by atoms with E-state index >= 15 is 0 Å². The van der Waals surface area contributed by atoms with Gasteiger partial charge in [-0.25, -0.2) is 0 Å². The average Bonchev–Trinajstić information content (AvgIpc) is 2.17. The van der Waals surface area contributed by atoms with Gasteiger partial charge in [-0.05, 0) is 30.0 Å². The molecule has 0 radical (unpaired) electrons. The van der Waals surface area contributed by atoms with E-state index in [-0.39, 0.29) is 5.41 Å². The van der Waals surface area contributed by atoms with Crippen LogP contribution < -0.4 is 4.74 Å². The minimum absolute atomic E-state index is 0.236. The van der Waals surface area contributed by atoms with E-state index in [1.165, 1.54) is 11.1 Å². The number of benzene rings is 1. The highest BCUT2D eigenvalue weighted by atomic mass is 16.5. The van der Waals surface area contributed by atoms with Gasteiger partial charge < -0.3 is 4.74 Å². The molecule has 0 aliphatic carbocycles. The molecule has 0 fully saturated rings. The Balaban J connectivity index is 2.89. The fraction of sp³-hybridized carbons (Fsp3) is 0.429. The van der Waals surface area contributed by atoms with Gasteiger partial charge in [-0.15, -0.1) is 0 Å². The number of hydrogen-bond acceptors (Lipinski definition) is 1. The van der Waals surface area contributed by atoms with Crippen LogP contribution in [0.25, 0.3) is 6.08 Å². The highest BCUT2D eigenvalue weighted by Gasteiger charge is 2.11. The summed E-state index contributed by atoms with van der Waals surface area (Å²) in [5.41, 5.74) is 2.84. The molecular formula is C14H20O. The van der Waals surface area contributed by atoms with Gasteiger partial charge in [0.05, 0.1) is 7.11 Å². The zero-order chi connectivity index (χ0) is 11.5.